The van der Waals surface area contributed by atoms with Crippen LogP contribution < -0.4 is 0 Å². The van der Waals surface area contributed by atoms with E-state index in [9.17, 15) is 14.4 Å². The van der Waals surface area contributed by atoms with Crippen molar-refractivity contribution in [3.8, 4) is 0 Å². The molecule has 1 aromatic heterocycles. The molecule has 25 heavy (non-hydrogen) atoms. The number of hydrogen-bond acceptors (Lipinski definition) is 5. The van der Waals surface area contributed by atoms with Crippen molar-refractivity contribution in [1.82, 2.24) is 14.8 Å². The number of amides is 2. The Labute approximate surface area is 151 Å². The van der Waals surface area contributed by atoms with Crippen molar-refractivity contribution in [2.45, 2.75) is 52.0 Å². The molecule has 1 fully saturated rings. The van der Waals surface area contributed by atoms with Gasteiger partial charge in [0, 0.05) is 26.1 Å². The molecule has 0 saturated carbocycles. The van der Waals surface area contributed by atoms with Gasteiger partial charge in [0.2, 0.25) is 5.91 Å². The highest BCUT2D eigenvalue weighted by molar-refractivity contribution is 7.13. The lowest BCUT2D eigenvalue weighted by Gasteiger charge is -2.28. The number of thiazole rings is 1. The summed E-state index contributed by atoms with van der Waals surface area (Å²) in [6, 6.07) is -0.136. The van der Waals surface area contributed by atoms with E-state index in [0.29, 0.717) is 30.8 Å². The number of carboxylic acids is 1. The second-order valence-corrected chi connectivity index (χ2v) is 7.40. The maximum atomic E-state index is 12.7. The molecule has 138 valence electrons. The lowest BCUT2D eigenvalue weighted by molar-refractivity contribution is -0.145. The van der Waals surface area contributed by atoms with Crippen LogP contribution in [0.15, 0.2) is 6.20 Å². The van der Waals surface area contributed by atoms with Gasteiger partial charge in [0.15, 0.2) is 0 Å². The summed E-state index contributed by atoms with van der Waals surface area (Å²) in [7, 11) is 0. The molecule has 1 N–H and O–H groups in total. The third-order valence-electron chi connectivity index (χ3n) is 4.36. The molecule has 8 heteroatoms. The van der Waals surface area contributed by atoms with Crippen molar-refractivity contribution in [2.75, 3.05) is 19.6 Å². The van der Waals surface area contributed by atoms with Crippen molar-refractivity contribution in [2.24, 2.45) is 0 Å². The number of rotatable bonds is 6. The minimum atomic E-state index is -1.01. The Kier molecular flexibility index (Phi) is 6.92. The maximum absolute atomic E-state index is 12.7. The summed E-state index contributed by atoms with van der Waals surface area (Å²) in [6.07, 6.45) is 5.58. The first-order chi connectivity index (χ1) is 11.9. The average Bonchev–Trinajstić information content (AvgIpc) is 2.88. The minimum Gasteiger partial charge on any atom is -0.480 e. The van der Waals surface area contributed by atoms with E-state index >= 15 is 0 Å². The quantitative estimate of drug-likeness (QED) is 0.831. The standard InChI is InChI=1S/C17H25N3O4S/c1-3-5-15-18-10-14(25-15)17(24)19-8-4-6-13(7-9-19)20(12(2)21)11-16(22)23/h10,13H,3-9,11H2,1-2H3,(H,22,23). The monoisotopic (exact) mass is 367 g/mol. The molecule has 2 heterocycles. The van der Waals surface area contributed by atoms with E-state index in [0.717, 1.165) is 24.3 Å². The molecule has 1 unspecified atom stereocenters. The highest BCUT2D eigenvalue weighted by Crippen LogP contribution is 2.21. The fourth-order valence-corrected chi connectivity index (χ4v) is 4.12. The van der Waals surface area contributed by atoms with Gasteiger partial charge in [-0.1, -0.05) is 6.92 Å². The first-order valence-electron chi connectivity index (χ1n) is 8.65. The molecule has 0 radical (unpaired) electrons. The molecule has 1 saturated heterocycles. The van der Waals surface area contributed by atoms with Gasteiger partial charge in [0.25, 0.3) is 5.91 Å². The van der Waals surface area contributed by atoms with Gasteiger partial charge in [0.1, 0.15) is 11.4 Å². The molecule has 7 nitrogen and oxygen atoms in total. The zero-order valence-corrected chi connectivity index (χ0v) is 15.5. The number of likely N-dealkylation sites (tertiary alicyclic amines) is 1. The highest BCUT2D eigenvalue weighted by atomic mass is 32.1. The van der Waals surface area contributed by atoms with Gasteiger partial charge >= 0.3 is 5.97 Å². The Morgan fingerprint density at radius 1 is 1.36 bits per heavy atom. The first-order valence-corrected chi connectivity index (χ1v) is 9.47. The summed E-state index contributed by atoms with van der Waals surface area (Å²) in [5, 5.41) is 9.98. The molecule has 0 aromatic carbocycles. The van der Waals surface area contributed by atoms with Crippen LogP contribution in [0.1, 0.15) is 54.2 Å². The van der Waals surface area contributed by atoms with Gasteiger partial charge in [-0.15, -0.1) is 11.3 Å². The van der Waals surface area contributed by atoms with Gasteiger partial charge < -0.3 is 14.9 Å². The van der Waals surface area contributed by atoms with Crippen LogP contribution in [0.25, 0.3) is 0 Å². The van der Waals surface area contributed by atoms with E-state index in [1.165, 1.54) is 23.2 Å². The van der Waals surface area contributed by atoms with E-state index in [1.807, 2.05) is 0 Å². The van der Waals surface area contributed by atoms with Crippen molar-refractivity contribution >= 4 is 29.1 Å². The van der Waals surface area contributed by atoms with Crippen LogP contribution in [0.3, 0.4) is 0 Å². The van der Waals surface area contributed by atoms with Crippen LogP contribution in [-0.4, -0.2) is 63.4 Å². The highest BCUT2D eigenvalue weighted by Gasteiger charge is 2.28. The van der Waals surface area contributed by atoms with Crippen molar-refractivity contribution < 1.29 is 19.5 Å². The van der Waals surface area contributed by atoms with Gasteiger partial charge in [-0.3, -0.25) is 14.4 Å². The largest absolute Gasteiger partial charge is 0.480 e. The normalized spacial score (nSPS) is 17.8. The number of aryl methyl sites for hydroxylation is 1. The number of carbonyl (C=O) groups is 3. The Morgan fingerprint density at radius 3 is 2.76 bits per heavy atom. The van der Waals surface area contributed by atoms with E-state index in [4.69, 9.17) is 5.11 Å². The average molecular weight is 367 g/mol. The van der Waals surface area contributed by atoms with Crippen molar-refractivity contribution in [3.05, 3.63) is 16.1 Å². The van der Waals surface area contributed by atoms with E-state index in [-0.39, 0.29) is 24.4 Å². The summed E-state index contributed by atoms with van der Waals surface area (Å²) < 4.78 is 0. The fraction of sp³-hybridized carbons (Fsp3) is 0.647. The van der Waals surface area contributed by atoms with Crippen LogP contribution in [0, 0.1) is 0 Å². The number of carbonyl (C=O) groups excluding carboxylic acids is 2. The second kappa shape index (κ2) is 8.94. The fourth-order valence-electron chi connectivity index (χ4n) is 3.13. The molecule has 2 rings (SSSR count). The minimum absolute atomic E-state index is 0.0203. The van der Waals surface area contributed by atoms with Gasteiger partial charge in [0.05, 0.1) is 11.2 Å². The van der Waals surface area contributed by atoms with Gasteiger partial charge in [-0.25, -0.2) is 4.98 Å². The number of aromatic nitrogens is 1. The topological polar surface area (TPSA) is 90.8 Å². The Bertz CT molecular complexity index is 631. The van der Waals surface area contributed by atoms with Crippen LogP contribution in [-0.2, 0) is 16.0 Å². The molecule has 1 aliphatic rings. The Balaban J connectivity index is 2.00. The number of hydrogen-bond donors (Lipinski definition) is 1. The number of aliphatic carboxylic acids is 1. The van der Waals surface area contributed by atoms with Gasteiger partial charge in [-0.2, -0.15) is 0 Å². The molecule has 0 spiro atoms. The van der Waals surface area contributed by atoms with Gasteiger partial charge in [-0.05, 0) is 32.1 Å². The zero-order chi connectivity index (χ0) is 18.4. The smallest absolute Gasteiger partial charge is 0.323 e. The van der Waals surface area contributed by atoms with Crippen LogP contribution in [0.4, 0.5) is 0 Å². The summed E-state index contributed by atoms with van der Waals surface area (Å²) in [5.74, 6) is -1.27. The molecule has 1 atom stereocenters. The SMILES string of the molecule is CCCc1ncc(C(=O)N2CCCC(N(CC(=O)O)C(C)=O)CC2)s1. The van der Waals surface area contributed by atoms with Crippen LogP contribution >= 0.6 is 11.3 Å². The summed E-state index contributed by atoms with van der Waals surface area (Å²) in [6.45, 7) is 4.32. The van der Waals surface area contributed by atoms with Crippen molar-refractivity contribution in [3.63, 3.8) is 0 Å². The molecule has 1 aliphatic heterocycles. The number of carboxylic acid groups (broad SMARTS) is 1. The number of nitrogens with zero attached hydrogens (tertiary/aromatic N) is 3. The molecular formula is C17H25N3O4S. The predicted molar refractivity (Wildman–Crippen MR) is 94.7 cm³/mol. The van der Waals surface area contributed by atoms with Crippen molar-refractivity contribution in [1.29, 1.82) is 0 Å². The third-order valence-corrected chi connectivity index (χ3v) is 5.41. The second-order valence-electron chi connectivity index (χ2n) is 6.29. The molecular weight excluding hydrogens is 342 g/mol. The van der Waals surface area contributed by atoms with Crippen LogP contribution in [0.5, 0.6) is 0 Å². The Morgan fingerprint density at radius 2 is 2.12 bits per heavy atom. The molecule has 1 aromatic rings. The molecule has 2 amide bonds. The van der Waals surface area contributed by atoms with Crippen LogP contribution in [0.2, 0.25) is 0 Å². The zero-order valence-electron chi connectivity index (χ0n) is 14.7. The summed E-state index contributed by atoms with van der Waals surface area (Å²) in [5.41, 5.74) is 0. The van der Waals surface area contributed by atoms with E-state index in [2.05, 4.69) is 11.9 Å². The maximum Gasteiger partial charge on any atom is 0.323 e. The molecule has 0 aliphatic carbocycles. The lowest BCUT2D eigenvalue weighted by atomic mass is 10.1. The first kappa shape index (κ1) is 19.4. The van der Waals surface area contributed by atoms with E-state index in [1.54, 1.807) is 11.1 Å². The summed E-state index contributed by atoms with van der Waals surface area (Å²) >= 11 is 1.44. The lowest BCUT2D eigenvalue weighted by Crippen LogP contribution is -2.43. The molecule has 0 bridgehead atoms. The van der Waals surface area contributed by atoms with E-state index < -0.39 is 5.97 Å². The predicted octanol–water partition coefficient (Wildman–Crippen LogP) is 2.02. The third kappa shape index (κ3) is 5.26. The summed E-state index contributed by atoms with van der Waals surface area (Å²) in [4.78, 5) is 43.6. The Hall–Kier alpha value is -1.96.